The molecule has 0 saturated heterocycles. The molecule has 3 aliphatic carbocycles. The molecule has 5 rings (SSSR count). The van der Waals surface area contributed by atoms with Crippen molar-refractivity contribution in [2.75, 3.05) is 0 Å². The van der Waals surface area contributed by atoms with E-state index in [0.717, 1.165) is 6.07 Å². The Hall–Kier alpha value is -3.21. The van der Waals surface area contributed by atoms with Gasteiger partial charge in [-0.15, -0.1) is 0 Å². The van der Waals surface area contributed by atoms with Crippen LogP contribution in [0.25, 0.3) is 11.1 Å². The normalized spacial score (nSPS) is 37.1. The summed E-state index contributed by atoms with van der Waals surface area (Å²) in [6.07, 6.45) is -3.56. The Labute approximate surface area is 229 Å². The molecule has 1 amide bonds. The number of primary amides is 1. The molecule has 0 heterocycles. The Morgan fingerprint density at radius 2 is 1.70 bits per heavy atom. The van der Waals surface area contributed by atoms with Crippen molar-refractivity contribution < 1.29 is 43.6 Å². The van der Waals surface area contributed by atoms with Crippen LogP contribution < -0.4 is 5.73 Å². The Kier molecular flexibility index (Phi) is 6.30. The van der Waals surface area contributed by atoms with Crippen LogP contribution in [-0.2, 0) is 16.0 Å². The fourth-order valence-corrected chi connectivity index (χ4v) is 8.49. The van der Waals surface area contributed by atoms with Gasteiger partial charge in [-0.25, -0.2) is 8.78 Å². The number of ketones is 2. The predicted molar refractivity (Wildman–Crippen MR) is 139 cm³/mol. The number of aliphatic hydroxyl groups is 3. The topological polar surface area (TPSA) is 158 Å². The monoisotopic (exact) mass is 557 g/mol. The first kappa shape index (κ1) is 28.3. The highest BCUT2D eigenvalue weighted by Crippen LogP contribution is 2.66. The molecule has 0 aromatic heterocycles. The molecule has 0 radical (unpaired) electrons. The number of aliphatic hydroxyl groups excluding tert-OH is 2. The van der Waals surface area contributed by atoms with E-state index in [4.69, 9.17) is 5.73 Å². The van der Waals surface area contributed by atoms with Crippen LogP contribution in [0.3, 0.4) is 0 Å². The standard InChI is InChI=1S/C30H33F2NO7/c1-12(2)21-24(36)20(27(33)39)25(37)30(40)26(38)22-23(35)19-16(10-28(22,3)11-29(21,30)4)14(7-8-18(19)34)15-6-5-13(31)9-17(15)32/h5-9,12,20-22,24,26,34,36,38,40H,10-11H2,1-4H3,(H2,33,39)/t20-,21+,22-,24?,26?,28-,29-,30+/m1/s1. The number of Topliss-reactive ketones (excluding diaryl/α,β-unsaturated/α-hetero) is 2. The van der Waals surface area contributed by atoms with Gasteiger partial charge in [0.05, 0.1) is 17.6 Å². The molecule has 2 unspecified atom stereocenters. The van der Waals surface area contributed by atoms with E-state index in [1.165, 1.54) is 18.2 Å². The highest BCUT2D eigenvalue weighted by molar-refractivity contribution is 6.09. The van der Waals surface area contributed by atoms with Gasteiger partial charge in [-0.3, -0.25) is 14.4 Å². The van der Waals surface area contributed by atoms with Crippen molar-refractivity contribution in [2.45, 2.75) is 58.3 Å². The lowest BCUT2D eigenvalue weighted by atomic mass is 9.39. The van der Waals surface area contributed by atoms with Crippen LogP contribution in [0.15, 0.2) is 30.3 Å². The molecule has 214 valence electrons. The Balaban J connectivity index is 1.74. The van der Waals surface area contributed by atoms with E-state index in [1.54, 1.807) is 27.7 Å². The maximum atomic E-state index is 14.9. The highest BCUT2D eigenvalue weighted by atomic mass is 19.1. The predicted octanol–water partition coefficient (Wildman–Crippen LogP) is 2.52. The van der Waals surface area contributed by atoms with Gasteiger partial charge in [-0.1, -0.05) is 33.8 Å². The lowest BCUT2D eigenvalue weighted by Crippen LogP contribution is -2.79. The zero-order valence-electron chi connectivity index (χ0n) is 22.6. The number of carbonyl (C=O) groups excluding carboxylic acids is 3. The number of carbonyl (C=O) groups is 3. The summed E-state index contributed by atoms with van der Waals surface area (Å²) in [6, 6.07) is 5.66. The van der Waals surface area contributed by atoms with Gasteiger partial charge in [0.1, 0.15) is 29.4 Å². The van der Waals surface area contributed by atoms with Crippen molar-refractivity contribution in [2.24, 2.45) is 40.2 Å². The van der Waals surface area contributed by atoms with Gasteiger partial charge >= 0.3 is 0 Å². The third-order valence-corrected chi connectivity index (χ3v) is 9.89. The molecule has 10 heteroatoms. The van der Waals surface area contributed by atoms with Gasteiger partial charge in [0.15, 0.2) is 17.2 Å². The van der Waals surface area contributed by atoms with Gasteiger partial charge < -0.3 is 26.2 Å². The van der Waals surface area contributed by atoms with Crippen molar-refractivity contribution in [3.05, 3.63) is 53.1 Å². The number of fused-ring (bicyclic) bond motifs is 3. The first-order valence-corrected chi connectivity index (χ1v) is 13.3. The fourth-order valence-electron chi connectivity index (χ4n) is 8.49. The molecular formula is C30H33F2NO7. The molecule has 2 saturated carbocycles. The summed E-state index contributed by atoms with van der Waals surface area (Å²) in [4.78, 5) is 40.1. The van der Waals surface area contributed by atoms with Crippen molar-refractivity contribution in [1.29, 1.82) is 0 Å². The number of phenols is 1. The van der Waals surface area contributed by atoms with Crippen LogP contribution in [-0.4, -0.2) is 55.7 Å². The first-order chi connectivity index (χ1) is 18.5. The summed E-state index contributed by atoms with van der Waals surface area (Å²) in [5.74, 6) is -9.58. The second-order valence-electron chi connectivity index (χ2n) is 12.6. The van der Waals surface area contributed by atoms with E-state index in [0.29, 0.717) is 6.07 Å². The molecule has 8 nitrogen and oxygen atoms in total. The van der Waals surface area contributed by atoms with E-state index in [1.807, 2.05) is 0 Å². The molecule has 6 N–H and O–H groups in total. The smallest absolute Gasteiger partial charge is 0.230 e. The molecule has 2 aromatic carbocycles. The zero-order chi connectivity index (χ0) is 29.7. The number of benzene rings is 2. The quantitative estimate of drug-likeness (QED) is 0.363. The van der Waals surface area contributed by atoms with E-state index in [-0.39, 0.29) is 41.0 Å². The van der Waals surface area contributed by atoms with Crippen LogP contribution in [0.4, 0.5) is 8.78 Å². The summed E-state index contributed by atoms with van der Waals surface area (Å²) in [5.41, 5.74) is 0.573. The number of halogens is 2. The largest absolute Gasteiger partial charge is 0.507 e. The zero-order valence-corrected chi connectivity index (χ0v) is 22.6. The van der Waals surface area contributed by atoms with E-state index in [9.17, 15) is 43.6 Å². The average molecular weight is 558 g/mol. The van der Waals surface area contributed by atoms with Crippen LogP contribution in [0.2, 0.25) is 0 Å². The Morgan fingerprint density at radius 1 is 1.07 bits per heavy atom. The SMILES string of the molecule is CC(C)[C@H]1C(O)[C@@H](C(N)=O)C(=O)[C@]2(O)C(O)[C@H]3C(=O)c4c(O)ccc(-c5ccc(F)cc5F)c4C[C@]3(C)C[C@]12C. The Morgan fingerprint density at radius 3 is 2.27 bits per heavy atom. The van der Waals surface area contributed by atoms with Crippen LogP contribution >= 0.6 is 0 Å². The molecular weight excluding hydrogens is 524 g/mol. The summed E-state index contributed by atoms with van der Waals surface area (Å²) < 4.78 is 28.6. The number of hydrogen-bond acceptors (Lipinski definition) is 7. The van der Waals surface area contributed by atoms with Gasteiger partial charge in [0, 0.05) is 17.0 Å². The fraction of sp³-hybridized carbons (Fsp3) is 0.500. The lowest BCUT2D eigenvalue weighted by Gasteiger charge is -2.66. The number of amides is 1. The summed E-state index contributed by atoms with van der Waals surface area (Å²) in [5, 5.41) is 45.9. The van der Waals surface area contributed by atoms with Gasteiger partial charge in [0.25, 0.3) is 0 Å². The molecule has 0 bridgehead atoms. The van der Waals surface area contributed by atoms with Gasteiger partial charge in [0.2, 0.25) is 5.91 Å². The maximum Gasteiger partial charge on any atom is 0.230 e. The number of hydrogen-bond donors (Lipinski definition) is 5. The molecule has 2 aromatic rings. The van der Waals surface area contributed by atoms with Crippen LogP contribution in [0, 0.1) is 46.1 Å². The summed E-state index contributed by atoms with van der Waals surface area (Å²) in [6.45, 7) is 6.77. The highest BCUT2D eigenvalue weighted by Gasteiger charge is 2.75. The van der Waals surface area contributed by atoms with Crippen LogP contribution in [0.1, 0.15) is 50.0 Å². The number of aromatic hydroxyl groups is 1. The summed E-state index contributed by atoms with van der Waals surface area (Å²) in [7, 11) is 0. The van der Waals surface area contributed by atoms with E-state index >= 15 is 0 Å². The minimum Gasteiger partial charge on any atom is -0.507 e. The molecule has 2 fully saturated rings. The average Bonchev–Trinajstić information content (AvgIpc) is 2.81. The van der Waals surface area contributed by atoms with E-state index < -0.39 is 81.3 Å². The maximum absolute atomic E-state index is 14.9. The van der Waals surface area contributed by atoms with Crippen molar-refractivity contribution in [3.63, 3.8) is 0 Å². The molecule has 3 aliphatic rings. The summed E-state index contributed by atoms with van der Waals surface area (Å²) >= 11 is 0. The van der Waals surface area contributed by atoms with Crippen LogP contribution in [0.5, 0.6) is 5.75 Å². The number of phenolic OH excluding ortho intramolecular Hbond substituents is 1. The second kappa shape index (κ2) is 8.89. The molecule has 0 spiro atoms. The lowest BCUT2D eigenvalue weighted by molar-refractivity contribution is -0.265. The Bertz CT molecular complexity index is 1460. The molecule has 40 heavy (non-hydrogen) atoms. The molecule has 0 aliphatic heterocycles. The third kappa shape index (κ3) is 3.48. The third-order valence-electron chi connectivity index (χ3n) is 9.89. The van der Waals surface area contributed by atoms with Crippen molar-refractivity contribution >= 4 is 17.5 Å². The number of nitrogens with two attached hydrogens (primary N) is 1. The van der Waals surface area contributed by atoms with Gasteiger partial charge in [-0.05, 0) is 59.4 Å². The first-order valence-electron chi connectivity index (χ1n) is 13.3. The second-order valence-corrected chi connectivity index (χ2v) is 12.6. The minimum atomic E-state index is -2.62. The minimum absolute atomic E-state index is 0.0131. The van der Waals surface area contributed by atoms with Gasteiger partial charge in [-0.2, -0.15) is 0 Å². The van der Waals surface area contributed by atoms with E-state index in [2.05, 4.69) is 0 Å². The number of rotatable bonds is 3. The molecule has 8 atom stereocenters. The van der Waals surface area contributed by atoms with Crippen molar-refractivity contribution in [1.82, 2.24) is 0 Å². The van der Waals surface area contributed by atoms with Crippen molar-refractivity contribution in [3.8, 4) is 16.9 Å².